The molecule has 0 aliphatic rings. The van der Waals surface area contributed by atoms with E-state index in [-0.39, 0.29) is 18.4 Å². The summed E-state index contributed by atoms with van der Waals surface area (Å²) in [6, 6.07) is 3.59. The van der Waals surface area contributed by atoms with Gasteiger partial charge in [0.1, 0.15) is 0 Å². The molecular formula is C14H20N4O3S. The van der Waals surface area contributed by atoms with Crippen molar-refractivity contribution in [1.82, 2.24) is 14.8 Å². The zero-order valence-corrected chi connectivity index (χ0v) is 13.5. The van der Waals surface area contributed by atoms with Gasteiger partial charge < -0.3 is 14.9 Å². The Morgan fingerprint density at radius 1 is 1.50 bits per heavy atom. The third-order valence-electron chi connectivity index (χ3n) is 2.81. The Kier molecular flexibility index (Phi) is 6.02. The second-order valence-corrected chi connectivity index (χ2v) is 5.98. The molecule has 0 spiro atoms. The smallest absolute Gasteiger partial charge is 0.219 e. The number of aromatic nitrogens is 3. The number of primary amides is 1. The van der Waals surface area contributed by atoms with Crippen LogP contribution < -0.4 is 5.73 Å². The van der Waals surface area contributed by atoms with Gasteiger partial charge in [-0.15, -0.1) is 10.2 Å². The first-order valence-corrected chi connectivity index (χ1v) is 8.06. The Morgan fingerprint density at radius 2 is 2.32 bits per heavy atom. The molecule has 8 heteroatoms. The van der Waals surface area contributed by atoms with Gasteiger partial charge in [0.25, 0.3) is 0 Å². The summed E-state index contributed by atoms with van der Waals surface area (Å²) in [6.45, 7) is 5.04. The standard InChI is InChI=1S/C14H20N4O3S/c1-10(2)20-8-9-22-14-17-16-13(11-4-3-7-21-11)18(14)6-5-12(15)19/h3-4,7,10H,5-6,8-9H2,1-2H3,(H2,15,19). The molecule has 2 aromatic heterocycles. The van der Waals surface area contributed by atoms with Gasteiger partial charge in [-0.3, -0.25) is 9.36 Å². The predicted octanol–water partition coefficient (Wildman–Crippen LogP) is 1.93. The number of hydrogen-bond acceptors (Lipinski definition) is 6. The lowest BCUT2D eigenvalue weighted by molar-refractivity contribution is -0.118. The summed E-state index contributed by atoms with van der Waals surface area (Å²) in [5, 5.41) is 9.05. The number of furan rings is 1. The number of carbonyl (C=O) groups excluding carboxylic acids is 1. The Morgan fingerprint density at radius 3 is 2.95 bits per heavy atom. The average Bonchev–Trinajstić information content (AvgIpc) is 3.10. The Labute approximate surface area is 133 Å². The predicted molar refractivity (Wildman–Crippen MR) is 83.3 cm³/mol. The first-order chi connectivity index (χ1) is 10.6. The van der Waals surface area contributed by atoms with E-state index in [1.54, 1.807) is 18.4 Å². The van der Waals surface area contributed by atoms with E-state index in [1.807, 2.05) is 18.4 Å². The molecule has 0 saturated carbocycles. The van der Waals surface area contributed by atoms with Gasteiger partial charge in [-0.25, -0.2) is 0 Å². The van der Waals surface area contributed by atoms with Crippen molar-refractivity contribution < 1.29 is 13.9 Å². The largest absolute Gasteiger partial charge is 0.461 e. The number of ether oxygens (including phenoxy) is 1. The molecular weight excluding hydrogens is 304 g/mol. The molecule has 0 aromatic carbocycles. The van der Waals surface area contributed by atoms with Crippen molar-refractivity contribution in [3.63, 3.8) is 0 Å². The Hall–Kier alpha value is -1.80. The maximum atomic E-state index is 11.1. The van der Waals surface area contributed by atoms with E-state index in [1.165, 1.54) is 11.8 Å². The van der Waals surface area contributed by atoms with Crippen LogP contribution in [0.1, 0.15) is 20.3 Å². The monoisotopic (exact) mass is 324 g/mol. The van der Waals surface area contributed by atoms with Crippen molar-refractivity contribution in [3.05, 3.63) is 18.4 Å². The summed E-state index contributed by atoms with van der Waals surface area (Å²) in [5.41, 5.74) is 5.24. The van der Waals surface area contributed by atoms with Crippen molar-refractivity contribution in [3.8, 4) is 11.6 Å². The highest BCUT2D eigenvalue weighted by atomic mass is 32.2. The highest BCUT2D eigenvalue weighted by molar-refractivity contribution is 7.99. The molecule has 0 aliphatic heterocycles. The van der Waals surface area contributed by atoms with E-state index in [9.17, 15) is 4.79 Å². The van der Waals surface area contributed by atoms with Crippen LogP contribution in [-0.2, 0) is 16.1 Å². The maximum Gasteiger partial charge on any atom is 0.219 e. The van der Waals surface area contributed by atoms with Crippen molar-refractivity contribution >= 4 is 17.7 Å². The minimum Gasteiger partial charge on any atom is -0.461 e. The van der Waals surface area contributed by atoms with E-state index in [2.05, 4.69) is 10.2 Å². The number of thioether (sulfide) groups is 1. The number of hydrogen-bond donors (Lipinski definition) is 1. The maximum absolute atomic E-state index is 11.1. The normalized spacial score (nSPS) is 11.2. The second-order valence-electron chi connectivity index (χ2n) is 4.92. The molecule has 2 N–H and O–H groups in total. The number of nitrogens with two attached hydrogens (primary N) is 1. The lowest BCUT2D eigenvalue weighted by atomic mass is 10.3. The van der Waals surface area contributed by atoms with Crippen molar-refractivity contribution in [1.29, 1.82) is 0 Å². The fourth-order valence-corrected chi connectivity index (χ4v) is 2.62. The molecule has 0 radical (unpaired) electrons. The quantitative estimate of drug-likeness (QED) is 0.559. The summed E-state index contributed by atoms with van der Waals surface area (Å²) >= 11 is 1.53. The number of amides is 1. The van der Waals surface area contributed by atoms with Gasteiger partial charge >= 0.3 is 0 Å². The summed E-state index contributed by atoms with van der Waals surface area (Å²) in [4.78, 5) is 11.1. The topological polar surface area (TPSA) is 96.2 Å². The molecule has 2 heterocycles. The number of carbonyl (C=O) groups is 1. The molecule has 0 fully saturated rings. The van der Waals surface area contributed by atoms with Crippen LogP contribution in [-0.4, -0.2) is 39.1 Å². The number of nitrogens with zero attached hydrogens (tertiary/aromatic N) is 3. The lowest BCUT2D eigenvalue weighted by Crippen LogP contribution is -2.15. The molecule has 0 bridgehead atoms. The minimum absolute atomic E-state index is 0.201. The fraction of sp³-hybridized carbons (Fsp3) is 0.500. The zero-order valence-electron chi connectivity index (χ0n) is 12.7. The van der Waals surface area contributed by atoms with Crippen molar-refractivity contribution in [2.24, 2.45) is 5.73 Å². The van der Waals surface area contributed by atoms with Gasteiger partial charge in [0, 0.05) is 18.7 Å². The second kappa shape index (κ2) is 8.00. The first-order valence-electron chi connectivity index (χ1n) is 7.07. The molecule has 2 aromatic rings. The van der Waals surface area contributed by atoms with E-state index in [4.69, 9.17) is 14.9 Å². The molecule has 120 valence electrons. The molecule has 0 atom stereocenters. The Balaban J connectivity index is 2.09. The van der Waals surface area contributed by atoms with E-state index in [0.717, 1.165) is 10.9 Å². The molecule has 2 rings (SSSR count). The van der Waals surface area contributed by atoms with Crippen LogP contribution in [0, 0.1) is 0 Å². The van der Waals surface area contributed by atoms with E-state index >= 15 is 0 Å². The van der Waals surface area contributed by atoms with Crippen LogP contribution in [0.25, 0.3) is 11.6 Å². The van der Waals surface area contributed by atoms with Gasteiger partial charge in [-0.1, -0.05) is 11.8 Å². The first kappa shape index (κ1) is 16.6. The molecule has 1 amide bonds. The van der Waals surface area contributed by atoms with Gasteiger partial charge in [0.05, 0.1) is 19.0 Å². The van der Waals surface area contributed by atoms with Gasteiger partial charge in [0.15, 0.2) is 16.7 Å². The van der Waals surface area contributed by atoms with Crippen LogP contribution in [0.2, 0.25) is 0 Å². The zero-order chi connectivity index (χ0) is 15.9. The lowest BCUT2D eigenvalue weighted by Gasteiger charge is -2.09. The number of rotatable bonds is 9. The average molecular weight is 324 g/mol. The molecule has 0 aliphatic carbocycles. The Bertz CT molecular complexity index is 595. The summed E-state index contributed by atoms with van der Waals surface area (Å²) in [5.74, 6) is 1.60. The van der Waals surface area contributed by atoms with E-state index < -0.39 is 0 Å². The summed E-state index contributed by atoms with van der Waals surface area (Å²) in [7, 11) is 0. The minimum atomic E-state index is -0.363. The highest BCUT2D eigenvalue weighted by Crippen LogP contribution is 2.24. The third-order valence-corrected chi connectivity index (χ3v) is 3.74. The van der Waals surface area contributed by atoms with Gasteiger partial charge in [0.2, 0.25) is 5.91 Å². The SMILES string of the molecule is CC(C)OCCSc1nnc(-c2ccco2)n1CCC(N)=O. The van der Waals surface area contributed by atoms with E-state index in [0.29, 0.717) is 24.7 Å². The van der Waals surface area contributed by atoms with Gasteiger partial charge in [-0.2, -0.15) is 0 Å². The van der Waals surface area contributed by atoms with Crippen LogP contribution in [0.3, 0.4) is 0 Å². The summed E-state index contributed by atoms with van der Waals surface area (Å²) in [6.07, 6.45) is 2.00. The van der Waals surface area contributed by atoms with Crippen LogP contribution in [0.4, 0.5) is 0 Å². The van der Waals surface area contributed by atoms with Crippen LogP contribution >= 0.6 is 11.8 Å². The molecule has 22 heavy (non-hydrogen) atoms. The molecule has 7 nitrogen and oxygen atoms in total. The van der Waals surface area contributed by atoms with Crippen molar-refractivity contribution in [2.45, 2.75) is 38.1 Å². The van der Waals surface area contributed by atoms with Crippen LogP contribution in [0.15, 0.2) is 28.0 Å². The third kappa shape index (κ3) is 4.60. The molecule has 0 saturated heterocycles. The van der Waals surface area contributed by atoms with Crippen molar-refractivity contribution in [2.75, 3.05) is 12.4 Å². The molecule has 0 unspecified atom stereocenters. The summed E-state index contributed by atoms with van der Waals surface area (Å²) < 4.78 is 12.7. The van der Waals surface area contributed by atoms with Crippen LogP contribution in [0.5, 0.6) is 0 Å². The van der Waals surface area contributed by atoms with Gasteiger partial charge in [-0.05, 0) is 26.0 Å². The highest BCUT2D eigenvalue weighted by Gasteiger charge is 2.16. The fourth-order valence-electron chi connectivity index (χ4n) is 1.82.